The Morgan fingerprint density at radius 2 is 1.91 bits per heavy atom. The molecule has 2 aromatic heterocycles. The van der Waals surface area contributed by atoms with Crippen molar-refractivity contribution in [2.45, 2.75) is 29.8 Å². The monoisotopic (exact) mass is 362 g/mol. The first-order chi connectivity index (χ1) is 10.9. The van der Waals surface area contributed by atoms with Crippen LogP contribution in [0.5, 0.6) is 0 Å². The Hall–Kier alpha value is -1.08. The number of aromatic nitrogens is 4. The average molecular weight is 362 g/mol. The first-order valence-corrected chi connectivity index (χ1v) is 8.38. The van der Waals surface area contributed by atoms with Crippen LogP contribution in [0.15, 0.2) is 12.7 Å². The molecule has 0 aromatic carbocycles. The maximum Gasteiger partial charge on any atom is 0.157 e. The molecule has 0 saturated carbocycles. The quantitative estimate of drug-likeness (QED) is 0.334. The highest BCUT2D eigenvalue weighted by Crippen LogP contribution is 2.30. The normalized spacial score (nSPS) is 18.5. The third kappa shape index (κ3) is 3.55. The third-order valence-corrected chi connectivity index (χ3v) is 4.76. The molecule has 0 unspecified atom stereocenters. The SMILES string of the molecule is CS[C@H]([C@@H](O)[C@H](O)[C@H](O)[C@H](O)CO)n1cnc2c(=S)nc[nH]c21. The lowest BCUT2D eigenvalue weighted by molar-refractivity contribution is -0.118. The fraction of sp³-hybridized carbons (Fsp3) is 0.583. The van der Waals surface area contributed by atoms with Crippen molar-refractivity contribution in [3.05, 3.63) is 17.3 Å². The van der Waals surface area contributed by atoms with Crippen LogP contribution in [-0.2, 0) is 0 Å². The second kappa shape index (κ2) is 7.66. The van der Waals surface area contributed by atoms with Gasteiger partial charge in [-0.3, -0.25) is 0 Å². The number of aliphatic hydroxyl groups excluding tert-OH is 5. The molecule has 0 radical (unpaired) electrons. The average Bonchev–Trinajstić information content (AvgIpc) is 2.98. The van der Waals surface area contributed by atoms with Crippen molar-refractivity contribution in [1.29, 1.82) is 0 Å². The summed E-state index contributed by atoms with van der Waals surface area (Å²) < 4.78 is 1.85. The van der Waals surface area contributed by atoms with Crippen LogP contribution >= 0.6 is 24.0 Å². The summed E-state index contributed by atoms with van der Waals surface area (Å²) in [5.41, 5.74) is 0.951. The third-order valence-electron chi connectivity index (χ3n) is 3.47. The van der Waals surface area contributed by atoms with Gasteiger partial charge in [-0.25, -0.2) is 9.97 Å². The van der Waals surface area contributed by atoms with E-state index in [1.165, 1.54) is 24.4 Å². The van der Waals surface area contributed by atoms with E-state index in [1.54, 1.807) is 10.8 Å². The topological polar surface area (TPSA) is 148 Å². The van der Waals surface area contributed by atoms with E-state index >= 15 is 0 Å². The summed E-state index contributed by atoms with van der Waals surface area (Å²) >= 11 is 6.28. The van der Waals surface area contributed by atoms with Crippen molar-refractivity contribution in [3.8, 4) is 0 Å². The van der Waals surface area contributed by atoms with Crippen LogP contribution in [0.2, 0.25) is 0 Å². The van der Waals surface area contributed by atoms with E-state index in [-0.39, 0.29) is 0 Å². The minimum absolute atomic E-state index is 0.295. The number of hydrogen-bond acceptors (Lipinski definition) is 9. The molecule has 23 heavy (non-hydrogen) atoms. The first kappa shape index (κ1) is 18.3. The van der Waals surface area contributed by atoms with Gasteiger partial charge in [0.1, 0.15) is 41.0 Å². The number of rotatable bonds is 7. The van der Waals surface area contributed by atoms with E-state index in [0.717, 1.165) is 0 Å². The van der Waals surface area contributed by atoms with Crippen molar-refractivity contribution in [2.75, 3.05) is 12.9 Å². The maximum absolute atomic E-state index is 10.4. The van der Waals surface area contributed by atoms with Gasteiger partial charge < -0.3 is 35.1 Å². The van der Waals surface area contributed by atoms with Crippen molar-refractivity contribution in [1.82, 2.24) is 19.5 Å². The van der Waals surface area contributed by atoms with Crippen molar-refractivity contribution in [3.63, 3.8) is 0 Å². The molecule has 0 saturated heterocycles. The van der Waals surface area contributed by atoms with Gasteiger partial charge in [-0.1, -0.05) is 12.2 Å². The molecule has 0 aliphatic carbocycles. The highest BCUT2D eigenvalue weighted by atomic mass is 32.2. The Labute approximate surface area is 140 Å². The number of aromatic amines is 1. The number of imidazole rings is 1. The summed E-state index contributed by atoms with van der Waals surface area (Å²) in [6.45, 7) is -0.734. The van der Waals surface area contributed by atoms with E-state index in [0.29, 0.717) is 15.8 Å². The molecule has 11 heteroatoms. The first-order valence-electron chi connectivity index (χ1n) is 6.68. The van der Waals surface area contributed by atoms with Crippen molar-refractivity contribution in [2.24, 2.45) is 0 Å². The zero-order valence-corrected chi connectivity index (χ0v) is 13.8. The smallest absolute Gasteiger partial charge is 0.157 e. The van der Waals surface area contributed by atoms with Gasteiger partial charge in [-0.05, 0) is 6.26 Å². The van der Waals surface area contributed by atoms with Crippen molar-refractivity contribution >= 4 is 35.1 Å². The lowest BCUT2D eigenvalue weighted by Gasteiger charge is -2.30. The fourth-order valence-corrected chi connectivity index (χ4v) is 3.22. The molecule has 2 rings (SSSR count). The molecule has 0 aliphatic heterocycles. The lowest BCUT2D eigenvalue weighted by atomic mass is 10.0. The minimum atomic E-state index is -1.69. The molecule has 0 fully saturated rings. The molecule has 0 amide bonds. The molecular formula is C12H18N4O5S2. The number of hydrogen-bond donors (Lipinski definition) is 6. The molecule has 6 N–H and O–H groups in total. The lowest BCUT2D eigenvalue weighted by Crippen LogP contribution is -2.48. The Bertz CT molecular complexity index is 708. The zero-order chi connectivity index (χ0) is 17.1. The van der Waals surface area contributed by atoms with Gasteiger partial charge in [0.2, 0.25) is 0 Å². The van der Waals surface area contributed by atoms with E-state index in [9.17, 15) is 20.4 Å². The van der Waals surface area contributed by atoms with E-state index in [2.05, 4.69) is 15.0 Å². The van der Waals surface area contributed by atoms with Gasteiger partial charge in [-0.15, -0.1) is 11.8 Å². The number of aliphatic hydroxyl groups is 5. The molecule has 0 aliphatic rings. The Morgan fingerprint density at radius 3 is 2.52 bits per heavy atom. The number of fused-ring (bicyclic) bond motifs is 1. The molecule has 9 nitrogen and oxygen atoms in total. The van der Waals surface area contributed by atoms with Crippen LogP contribution < -0.4 is 0 Å². The Balaban J connectivity index is 2.34. The summed E-state index contributed by atoms with van der Waals surface area (Å²) in [7, 11) is 0. The minimum Gasteiger partial charge on any atom is -0.394 e. The Kier molecular flexibility index (Phi) is 6.08. The van der Waals surface area contributed by atoms with Gasteiger partial charge >= 0.3 is 0 Å². The van der Waals surface area contributed by atoms with E-state index in [4.69, 9.17) is 17.3 Å². The van der Waals surface area contributed by atoms with Gasteiger partial charge in [0.25, 0.3) is 0 Å². The van der Waals surface area contributed by atoms with Crippen LogP contribution in [0.4, 0.5) is 0 Å². The van der Waals surface area contributed by atoms with Crippen molar-refractivity contribution < 1.29 is 25.5 Å². The number of nitrogens with one attached hydrogen (secondary N) is 1. The second-order valence-electron chi connectivity index (χ2n) is 4.90. The summed E-state index contributed by atoms with van der Waals surface area (Å²) in [5.74, 6) is 0. The Morgan fingerprint density at radius 1 is 1.22 bits per heavy atom. The van der Waals surface area contributed by atoms with Crippen LogP contribution in [0.3, 0.4) is 0 Å². The predicted molar refractivity (Wildman–Crippen MR) is 86.4 cm³/mol. The van der Waals surface area contributed by atoms with Crippen LogP contribution in [-0.4, -0.2) is 82.3 Å². The van der Waals surface area contributed by atoms with Gasteiger partial charge in [0.05, 0.1) is 19.3 Å². The maximum atomic E-state index is 10.4. The molecular weight excluding hydrogens is 344 g/mol. The standard InChI is InChI=1S/C12H18N4O5S2/c1-23-12(9(21)8(20)7(19)5(18)2-17)16-4-15-6-10(16)13-3-14-11(6)22/h3-5,7-9,12,17-21H,2H2,1H3,(H,13,14,22)/t5-,7-,8-,9+,12-/m1/s1. The number of H-pyrrole nitrogens is 1. The predicted octanol–water partition coefficient (Wildman–Crippen LogP) is -1.21. The van der Waals surface area contributed by atoms with Crippen LogP contribution in [0.25, 0.3) is 11.2 Å². The summed E-state index contributed by atoms with van der Waals surface area (Å²) in [4.78, 5) is 10.9. The largest absolute Gasteiger partial charge is 0.394 e. The van der Waals surface area contributed by atoms with E-state index in [1.807, 2.05) is 0 Å². The molecule has 5 atom stereocenters. The number of thioether (sulfide) groups is 1. The molecule has 0 spiro atoms. The fourth-order valence-electron chi connectivity index (χ4n) is 2.19. The van der Waals surface area contributed by atoms with Crippen LogP contribution in [0.1, 0.15) is 5.37 Å². The zero-order valence-electron chi connectivity index (χ0n) is 12.1. The van der Waals surface area contributed by atoms with Crippen LogP contribution in [0, 0.1) is 4.64 Å². The second-order valence-corrected chi connectivity index (χ2v) is 6.25. The summed E-state index contributed by atoms with van der Waals surface area (Å²) in [6.07, 6.45) is -1.82. The van der Waals surface area contributed by atoms with Gasteiger partial charge in [0, 0.05) is 0 Å². The molecule has 128 valence electrons. The highest BCUT2D eigenvalue weighted by Gasteiger charge is 2.35. The molecule has 2 heterocycles. The summed E-state index contributed by atoms with van der Waals surface area (Å²) in [5, 5.41) is 47.7. The summed E-state index contributed by atoms with van der Waals surface area (Å²) in [6, 6.07) is 0. The van der Waals surface area contributed by atoms with Gasteiger partial charge in [0.15, 0.2) is 4.64 Å². The molecule has 2 aromatic rings. The highest BCUT2D eigenvalue weighted by molar-refractivity contribution is 7.98. The number of nitrogens with zero attached hydrogens (tertiary/aromatic N) is 3. The van der Waals surface area contributed by atoms with Gasteiger partial charge in [-0.2, -0.15) is 0 Å². The molecule has 0 bridgehead atoms. The van der Waals surface area contributed by atoms with E-state index < -0.39 is 36.4 Å².